The molecule has 0 aromatic carbocycles. The molecule has 1 aliphatic heterocycles. The molecule has 2 nitrogen and oxygen atoms in total. The highest BCUT2D eigenvalue weighted by Gasteiger charge is 2.38. The molecule has 72 valence electrons. The van der Waals surface area contributed by atoms with E-state index in [0.29, 0.717) is 6.54 Å². The summed E-state index contributed by atoms with van der Waals surface area (Å²) < 4.78 is 13.9. The Hall–Kier alpha value is -0.150. The number of nitrogens with one attached hydrogen (secondary N) is 1. The monoisotopic (exact) mass is 174 g/mol. The maximum atomic E-state index is 13.9. The summed E-state index contributed by atoms with van der Waals surface area (Å²) in [4.78, 5) is 2.05. The third kappa shape index (κ3) is 2.17. The van der Waals surface area contributed by atoms with Crippen LogP contribution in [0.25, 0.3) is 0 Å². The maximum Gasteiger partial charge on any atom is 0.136 e. The van der Waals surface area contributed by atoms with E-state index in [2.05, 4.69) is 5.32 Å². The molecule has 1 aliphatic rings. The van der Waals surface area contributed by atoms with Gasteiger partial charge in [-0.3, -0.25) is 0 Å². The summed E-state index contributed by atoms with van der Waals surface area (Å²) in [6.07, 6.45) is 0.914. The molecule has 0 aliphatic carbocycles. The summed E-state index contributed by atoms with van der Waals surface area (Å²) >= 11 is 0. The molecule has 1 rings (SSSR count). The Morgan fingerprint density at radius 1 is 1.67 bits per heavy atom. The average molecular weight is 174 g/mol. The minimum absolute atomic E-state index is 0.0405. The van der Waals surface area contributed by atoms with Crippen molar-refractivity contribution in [2.75, 3.05) is 26.7 Å². The van der Waals surface area contributed by atoms with E-state index in [0.717, 1.165) is 19.5 Å². The van der Waals surface area contributed by atoms with E-state index >= 15 is 0 Å². The fourth-order valence-corrected chi connectivity index (χ4v) is 1.93. The lowest BCUT2D eigenvalue weighted by Gasteiger charge is -2.39. The first-order valence-electron chi connectivity index (χ1n) is 4.67. The highest BCUT2D eigenvalue weighted by atomic mass is 19.1. The SMILES string of the molecule is CCN[C@H]1CCN(C)C[C@]1(C)F. The number of hydrogen-bond acceptors (Lipinski definition) is 2. The van der Waals surface area contributed by atoms with Gasteiger partial charge in [0, 0.05) is 12.6 Å². The average Bonchev–Trinajstić information content (AvgIpc) is 1.94. The zero-order valence-corrected chi connectivity index (χ0v) is 8.23. The minimum atomic E-state index is -1.07. The van der Waals surface area contributed by atoms with Gasteiger partial charge in [0.15, 0.2) is 0 Å². The van der Waals surface area contributed by atoms with Gasteiger partial charge in [-0.2, -0.15) is 0 Å². The van der Waals surface area contributed by atoms with E-state index in [1.54, 1.807) is 6.92 Å². The van der Waals surface area contributed by atoms with Crippen LogP contribution >= 0.6 is 0 Å². The smallest absolute Gasteiger partial charge is 0.136 e. The highest BCUT2D eigenvalue weighted by molar-refractivity contribution is 4.94. The molecule has 0 aromatic heterocycles. The molecule has 1 saturated heterocycles. The van der Waals surface area contributed by atoms with Crippen molar-refractivity contribution in [2.24, 2.45) is 0 Å². The van der Waals surface area contributed by atoms with Gasteiger partial charge in [0.1, 0.15) is 5.67 Å². The van der Waals surface area contributed by atoms with Gasteiger partial charge in [0.25, 0.3) is 0 Å². The molecule has 1 N–H and O–H groups in total. The standard InChI is InChI=1S/C9H19FN2/c1-4-11-8-5-6-12(3)7-9(8,2)10/h8,11H,4-7H2,1-3H3/t8-,9-/m0/s1. The van der Waals surface area contributed by atoms with Gasteiger partial charge in [0.05, 0.1) is 0 Å². The molecule has 0 unspecified atom stereocenters. The molecular weight excluding hydrogens is 155 g/mol. The van der Waals surface area contributed by atoms with Crippen molar-refractivity contribution < 1.29 is 4.39 Å². The number of nitrogens with zero attached hydrogens (tertiary/aromatic N) is 1. The molecule has 2 atom stereocenters. The van der Waals surface area contributed by atoms with Crippen LogP contribution in [0.2, 0.25) is 0 Å². The molecule has 0 radical (unpaired) electrons. The van der Waals surface area contributed by atoms with Gasteiger partial charge in [-0.1, -0.05) is 6.92 Å². The van der Waals surface area contributed by atoms with Crippen LogP contribution in [0.4, 0.5) is 4.39 Å². The number of piperidine rings is 1. The third-order valence-electron chi connectivity index (χ3n) is 2.56. The van der Waals surface area contributed by atoms with Crippen LogP contribution in [-0.4, -0.2) is 43.3 Å². The first-order valence-corrected chi connectivity index (χ1v) is 4.67. The second-order valence-electron chi connectivity index (χ2n) is 3.91. The number of hydrogen-bond donors (Lipinski definition) is 1. The molecular formula is C9H19FN2. The van der Waals surface area contributed by atoms with Crippen molar-refractivity contribution in [3.8, 4) is 0 Å². The summed E-state index contributed by atoms with van der Waals surface area (Å²) in [7, 11) is 1.97. The first kappa shape index (κ1) is 9.93. The summed E-state index contributed by atoms with van der Waals surface area (Å²) in [6.45, 7) is 6.11. The van der Waals surface area contributed by atoms with Gasteiger partial charge in [-0.25, -0.2) is 4.39 Å². The number of likely N-dealkylation sites (tertiary alicyclic amines) is 1. The van der Waals surface area contributed by atoms with Crippen LogP contribution in [-0.2, 0) is 0 Å². The molecule has 0 amide bonds. The molecule has 0 saturated carbocycles. The van der Waals surface area contributed by atoms with Crippen molar-refractivity contribution in [3.63, 3.8) is 0 Å². The Morgan fingerprint density at radius 3 is 2.83 bits per heavy atom. The lowest BCUT2D eigenvalue weighted by atomic mass is 9.91. The molecule has 3 heteroatoms. The Labute approximate surface area is 74.1 Å². The van der Waals surface area contributed by atoms with E-state index in [1.165, 1.54) is 0 Å². The normalized spacial score (nSPS) is 38.5. The maximum absolute atomic E-state index is 13.9. The third-order valence-corrected chi connectivity index (χ3v) is 2.56. The van der Waals surface area contributed by atoms with E-state index < -0.39 is 5.67 Å². The Kier molecular flexibility index (Phi) is 3.07. The van der Waals surface area contributed by atoms with E-state index in [-0.39, 0.29) is 6.04 Å². The van der Waals surface area contributed by atoms with E-state index in [9.17, 15) is 4.39 Å². The van der Waals surface area contributed by atoms with E-state index in [1.807, 2.05) is 18.9 Å². The van der Waals surface area contributed by atoms with Crippen molar-refractivity contribution in [3.05, 3.63) is 0 Å². The minimum Gasteiger partial charge on any atom is -0.311 e. The van der Waals surface area contributed by atoms with Crippen LogP contribution < -0.4 is 5.32 Å². The van der Waals surface area contributed by atoms with Gasteiger partial charge >= 0.3 is 0 Å². The summed E-state index contributed by atoms with van der Waals surface area (Å²) in [5, 5.41) is 3.19. The second kappa shape index (κ2) is 3.71. The summed E-state index contributed by atoms with van der Waals surface area (Å²) in [5.41, 5.74) is -1.07. The first-order chi connectivity index (χ1) is 5.56. The lowest BCUT2D eigenvalue weighted by molar-refractivity contribution is 0.0394. The molecule has 0 aromatic rings. The fourth-order valence-electron chi connectivity index (χ4n) is 1.93. The molecule has 12 heavy (non-hydrogen) atoms. The van der Waals surface area contributed by atoms with Crippen LogP contribution in [0, 0.1) is 0 Å². The summed E-state index contributed by atoms with van der Waals surface area (Å²) in [6, 6.07) is 0.0405. The molecule has 1 fully saturated rings. The predicted octanol–water partition coefficient (Wildman–Crippen LogP) is 1.03. The summed E-state index contributed by atoms with van der Waals surface area (Å²) in [5.74, 6) is 0. The topological polar surface area (TPSA) is 15.3 Å². The predicted molar refractivity (Wildman–Crippen MR) is 49.1 cm³/mol. The van der Waals surface area contributed by atoms with Crippen LogP contribution in [0.3, 0.4) is 0 Å². The van der Waals surface area contributed by atoms with Crippen LogP contribution in [0.5, 0.6) is 0 Å². The van der Waals surface area contributed by atoms with Crippen molar-refractivity contribution >= 4 is 0 Å². The Bertz CT molecular complexity index is 147. The van der Waals surface area contributed by atoms with Crippen LogP contribution in [0.1, 0.15) is 20.3 Å². The number of rotatable bonds is 2. The molecule has 0 spiro atoms. The van der Waals surface area contributed by atoms with Crippen molar-refractivity contribution in [2.45, 2.75) is 32.0 Å². The van der Waals surface area contributed by atoms with Crippen molar-refractivity contribution in [1.29, 1.82) is 0 Å². The van der Waals surface area contributed by atoms with Gasteiger partial charge < -0.3 is 10.2 Å². The lowest BCUT2D eigenvalue weighted by Crippen LogP contribution is -2.56. The molecule has 0 bridgehead atoms. The molecule has 1 heterocycles. The number of halogens is 1. The van der Waals surface area contributed by atoms with Crippen LogP contribution in [0.15, 0.2) is 0 Å². The Morgan fingerprint density at radius 2 is 2.33 bits per heavy atom. The zero-order chi connectivity index (χ0) is 9.19. The zero-order valence-electron chi connectivity index (χ0n) is 8.23. The largest absolute Gasteiger partial charge is 0.311 e. The van der Waals surface area contributed by atoms with Gasteiger partial charge in [-0.15, -0.1) is 0 Å². The highest BCUT2D eigenvalue weighted by Crippen LogP contribution is 2.24. The quantitative estimate of drug-likeness (QED) is 0.672. The van der Waals surface area contributed by atoms with Gasteiger partial charge in [-0.05, 0) is 33.5 Å². The number of alkyl halides is 1. The van der Waals surface area contributed by atoms with Crippen molar-refractivity contribution in [1.82, 2.24) is 10.2 Å². The van der Waals surface area contributed by atoms with Gasteiger partial charge in [0.2, 0.25) is 0 Å². The second-order valence-corrected chi connectivity index (χ2v) is 3.91. The Balaban J connectivity index is 2.51. The fraction of sp³-hybridized carbons (Fsp3) is 1.00. The van der Waals surface area contributed by atoms with E-state index in [4.69, 9.17) is 0 Å².